The van der Waals surface area contributed by atoms with Crippen molar-refractivity contribution in [3.8, 4) is 11.5 Å². The first-order valence-electron chi connectivity index (χ1n) is 8.82. The molecule has 0 saturated carbocycles. The minimum atomic E-state index is -0.0485. The van der Waals surface area contributed by atoms with Crippen LogP contribution in [0.25, 0.3) is 0 Å². The molecule has 0 radical (unpaired) electrons. The van der Waals surface area contributed by atoms with E-state index < -0.39 is 0 Å². The van der Waals surface area contributed by atoms with Gasteiger partial charge in [-0.3, -0.25) is 9.69 Å². The molecular formula is C21H22N2O3S2. The molecular weight excluding hydrogens is 392 g/mol. The van der Waals surface area contributed by atoms with Gasteiger partial charge in [0.25, 0.3) is 0 Å². The van der Waals surface area contributed by atoms with Crippen LogP contribution in [0.1, 0.15) is 12.6 Å². The number of amides is 1. The molecule has 0 unspecified atom stereocenters. The largest absolute Gasteiger partial charge is 0.497 e. The third-order valence-corrected chi connectivity index (χ3v) is 5.70. The molecule has 0 aliphatic heterocycles. The highest BCUT2D eigenvalue weighted by molar-refractivity contribution is 7.98. The summed E-state index contributed by atoms with van der Waals surface area (Å²) in [6, 6.07) is 17.1. The van der Waals surface area contributed by atoms with Crippen LogP contribution in [0.15, 0.2) is 60.0 Å². The number of benzene rings is 2. The van der Waals surface area contributed by atoms with Crippen LogP contribution in [0.5, 0.6) is 11.5 Å². The number of thioether (sulfide) groups is 1. The Labute approximate surface area is 173 Å². The number of para-hydroxylation sites is 1. The van der Waals surface area contributed by atoms with E-state index >= 15 is 0 Å². The van der Waals surface area contributed by atoms with Gasteiger partial charge in [-0.05, 0) is 36.4 Å². The zero-order valence-electron chi connectivity index (χ0n) is 15.8. The van der Waals surface area contributed by atoms with E-state index in [-0.39, 0.29) is 5.91 Å². The molecule has 0 bridgehead atoms. The van der Waals surface area contributed by atoms with Gasteiger partial charge >= 0.3 is 0 Å². The molecule has 3 rings (SSSR count). The maximum Gasteiger partial charge on any atom is 0.230 e. The molecule has 7 heteroatoms. The van der Waals surface area contributed by atoms with Gasteiger partial charge < -0.3 is 9.47 Å². The summed E-state index contributed by atoms with van der Waals surface area (Å²) in [5.74, 6) is 3.23. The summed E-state index contributed by atoms with van der Waals surface area (Å²) in [7, 11) is 1.64. The highest BCUT2D eigenvalue weighted by Gasteiger charge is 2.17. The van der Waals surface area contributed by atoms with Crippen LogP contribution in [0, 0.1) is 0 Å². The fraction of sp³-hybridized carbons (Fsp3) is 0.238. The normalized spacial score (nSPS) is 10.5. The summed E-state index contributed by atoms with van der Waals surface area (Å²) in [5.41, 5.74) is 1.80. The zero-order valence-corrected chi connectivity index (χ0v) is 17.5. The van der Waals surface area contributed by atoms with Gasteiger partial charge in [-0.15, -0.1) is 11.3 Å². The first kappa shape index (κ1) is 20.2. The van der Waals surface area contributed by atoms with Gasteiger partial charge in [0, 0.05) is 23.8 Å². The summed E-state index contributed by atoms with van der Waals surface area (Å²) in [6.45, 7) is 2.18. The molecule has 1 heterocycles. The van der Waals surface area contributed by atoms with Crippen molar-refractivity contribution in [1.82, 2.24) is 4.98 Å². The second-order valence-electron chi connectivity index (χ2n) is 5.89. The molecule has 0 N–H and O–H groups in total. The molecule has 0 spiro atoms. The number of aromatic nitrogens is 1. The van der Waals surface area contributed by atoms with Crippen molar-refractivity contribution in [2.75, 3.05) is 24.4 Å². The number of thiazole rings is 1. The van der Waals surface area contributed by atoms with E-state index in [0.29, 0.717) is 11.7 Å². The third kappa shape index (κ3) is 5.50. The van der Waals surface area contributed by atoms with Crippen LogP contribution in [-0.4, -0.2) is 30.4 Å². The monoisotopic (exact) mass is 414 g/mol. The van der Waals surface area contributed by atoms with E-state index in [1.54, 1.807) is 30.7 Å². The Morgan fingerprint density at radius 3 is 2.50 bits per heavy atom. The number of carbonyl (C=O) groups excluding carboxylic acids is 1. The minimum Gasteiger partial charge on any atom is -0.497 e. The van der Waals surface area contributed by atoms with E-state index in [9.17, 15) is 4.79 Å². The van der Waals surface area contributed by atoms with Crippen molar-refractivity contribution in [1.29, 1.82) is 0 Å². The number of nitrogens with zero attached hydrogens (tertiary/aromatic N) is 2. The van der Waals surface area contributed by atoms with E-state index in [1.807, 2.05) is 60.0 Å². The van der Waals surface area contributed by atoms with Gasteiger partial charge in [0.2, 0.25) is 5.91 Å². The SMILES string of the molecule is COc1ccc(OCCSCc2csc(N(C(C)=O)c3ccccc3)n2)cc1. The first-order chi connectivity index (χ1) is 13.7. The van der Waals surface area contributed by atoms with Gasteiger partial charge in [0.1, 0.15) is 11.5 Å². The number of anilines is 2. The molecule has 2 aromatic carbocycles. The lowest BCUT2D eigenvalue weighted by Gasteiger charge is -2.17. The van der Waals surface area contributed by atoms with Crippen molar-refractivity contribution in [2.45, 2.75) is 12.7 Å². The molecule has 0 aliphatic carbocycles. The average molecular weight is 415 g/mol. The van der Waals surface area contributed by atoms with Crippen molar-refractivity contribution >= 4 is 39.8 Å². The fourth-order valence-electron chi connectivity index (χ4n) is 2.54. The molecule has 1 aromatic heterocycles. The van der Waals surface area contributed by atoms with Gasteiger partial charge in [0.15, 0.2) is 5.13 Å². The van der Waals surface area contributed by atoms with Gasteiger partial charge in [-0.25, -0.2) is 4.98 Å². The van der Waals surface area contributed by atoms with Crippen LogP contribution in [0.3, 0.4) is 0 Å². The zero-order chi connectivity index (χ0) is 19.8. The summed E-state index contributed by atoms with van der Waals surface area (Å²) in [5, 5.41) is 2.70. The maximum absolute atomic E-state index is 12.1. The molecule has 28 heavy (non-hydrogen) atoms. The van der Waals surface area contributed by atoms with Crippen LogP contribution in [-0.2, 0) is 10.5 Å². The Bertz CT molecular complexity index is 882. The van der Waals surface area contributed by atoms with Crippen LogP contribution < -0.4 is 14.4 Å². The summed E-state index contributed by atoms with van der Waals surface area (Å²) in [6.07, 6.45) is 0. The Morgan fingerprint density at radius 1 is 1.11 bits per heavy atom. The topological polar surface area (TPSA) is 51.7 Å². The molecule has 146 valence electrons. The maximum atomic E-state index is 12.1. The smallest absolute Gasteiger partial charge is 0.230 e. The quantitative estimate of drug-likeness (QED) is 0.453. The number of hydrogen-bond acceptors (Lipinski definition) is 6. The molecule has 0 saturated heterocycles. The van der Waals surface area contributed by atoms with Crippen molar-refractivity contribution < 1.29 is 14.3 Å². The van der Waals surface area contributed by atoms with Crippen molar-refractivity contribution in [3.63, 3.8) is 0 Å². The Balaban J connectivity index is 1.48. The summed E-state index contributed by atoms with van der Waals surface area (Å²) in [4.78, 5) is 18.4. The van der Waals surface area contributed by atoms with Crippen LogP contribution in [0.2, 0.25) is 0 Å². The highest BCUT2D eigenvalue weighted by Crippen LogP contribution is 2.29. The minimum absolute atomic E-state index is 0.0485. The molecule has 1 amide bonds. The molecule has 0 aliphatic rings. The van der Waals surface area contributed by atoms with Gasteiger partial charge in [-0.2, -0.15) is 11.8 Å². The predicted molar refractivity (Wildman–Crippen MR) is 116 cm³/mol. The molecule has 0 atom stereocenters. The third-order valence-electron chi connectivity index (χ3n) is 3.87. The summed E-state index contributed by atoms with van der Waals surface area (Å²) >= 11 is 3.24. The predicted octanol–water partition coefficient (Wildman–Crippen LogP) is 5.15. The highest BCUT2D eigenvalue weighted by atomic mass is 32.2. The standard InChI is InChI=1S/C21H22N2O3S2/c1-16(24)23(18-6-4-3-5-7-18)21-22-17(15-28-21)14-27-13-12-26-20-10-8-19(25-2)9-11-20/h3-11,15H,12-14H2,1-2H3. The lowest BCUT2D eigenvalue weighted by atomic mass is 10.3. The van der Waals surface area contributed by atoms with Crippen LogP contribution >= 0.6 is 23.1 Å². The molecule has 3 aromatic rings. The lowest BCUT2D eigenvalue weighted by molar-refractivity contribution is -0.115. The van der Waals surface area contributed by atoms with Crippen LogP contribution in [0.4, 0.5) is 10.8 Å². The molecule has 0 fully saturated rings. The van der Waals surface area contributed by atoms with Gasteiger partial charge in [-0.1, -0.05) is 18.2 Å². The summed E-state index contributed by atoms with van der Waals surface area (Å²) < 4.78 is 10.9. The first-order valence-corrected chi connectivity index (χ1v) is 10.9. The van der Waals surface area contributed by atoms with Crippen molar-refractivity contribution in [2.24, 2.45) is 0 Å². The average Bonchev–Trinajstić information content (AvgIpc) is 3.17. The lowest BCUT2D eigenvalue weighted by Crippen LogP contribution is -2.22. The van der Waals surface area contributed by atoms with Crippen molar-refractivity contribution in [3.05, 3.63) is 65.7 Å². The number of carbonyl (C=O) groups is 1. The van der Waals surface area contributed by atoms with E-state index in [0.717, 1.165) is 34.4 Å². The Kier molecular flexibility index (Phi) is 7.33. The van der Waals surface area contributed by atoms with E-state index in [1.165, 1.54) is 11.3 Å². The Morgan fingerprint density at radius 2 is 1.82 bits per heavy atom. The number of methoxy groups -OCH3 is 1. The number of hydrogen-bond donors (Lipinski definition) is 0. The fourth-order valence-corrected chi connectivity index (χ4v) is 4.23. The number of ether oxygens (including phenoxy) is 2. The Hall–Kier alpha value is -2.51. The van der Waals surface area contributed by atoms with E-state index in [2.05, 4.69) is 4.98 Å². The van der Waals surface area contributed by atoms with E-state index in [4.69, 9.17) is 9.47 Å². The second-order valence-corrected chi connectivity index (χ2v) is 7.83. The molecule has 5 nitrogen and oxygen atoms in total. The van der Waals surface area contributed by atoms with Gasteiger partial charge in [0.05, 0.1) is 25.1 Å². The number of rotatable bonds is 9. The second kappa shape index (κ2) is 10.1.